The molecule has 2 heterocycles. The number of hydrogen-bond acceptors (Lipinski definition) is 4. The summed E-state index contributed by atoms with van der Waals surface area (Å²) < 4.78 is 1.96. The molecular formula is C21H29IN6S. The standard InChI is InChI=1S/C21H28N6S.HI/c1-15-18(14-27(26-15)19-10-6-5-7-11-19)9-8-12-23-21(22-4)24-13-20-16(2)25-17(3)28-20;/h5-7,10-11,14H,8-9,12-13H2,1-4H3,(H2,22,23,24);1H. The van der Waals surface area contributed by atoms with E-state index in [4.69, 9.17) is 0 Å². The van der Waals surface area contributed by atoms with Crippen LogP contribution in [-0.4, -0.2) is 34.3 Å². The first-order valence-electron chi connectivity index (χ1n) is 9.55. The molecule has 0 spiro atoms. The van der Waals surface area contributed by atoms with Crippen molar-refractivity contribution in [2.24, 2.45) is 4.99 Å². The molecule has 6 nitrogen and oxygen atoms in total. The normalized spacial score (nSPS) is 11.2. The molecule has 0 bridgehead atoms. The number of nitrogens with zero attached hydrogens (tertiary/aromatic N) is 4. The zero-order valence-corrected chi connectivity index (χ0v) is 20.5. The molecule has 0 saturated heterocycles. The van der Waals surface area contributed by atoms with E-state index in [9.17, 15) is 0 Å². The Bertz CT molecular complexity index is 932. The molecule has 0 aliphatic carbocycles. The number of aromatic nitrogens is 3. The van der Waals surface area contributed by atoms with Gasteiger partial charge >= 0.3 is 0 Å². The summed E-state index contributed by atoms with van der Waals surface area (Å²) in [4.78, 5) is 10.0. The van der Waals surface area contributed by atoms with Crippen LogP contribution in [0.1, 0.15) is 33.3 Å². The Morgan fingerprint density at radius 2 is 1.86 bits per heavy atom. The van der Waals surface area contributed by atoms with Crippen molar-refractivity contribution in [1.82, 2.24) is 25.4 Å². The molecular weight excluding hydrogens is 495 g/mol. The summed E-state index contributed by atoms with van der Waals surface area (Å²) >= 11 is 1.73. The number of halogens is 1. The van der Waals surface area contributed by atoms with Gasteiger partial charge in [0.1, 0.15) is 0 Å². The molecule has 0 aliphatic rings. The smallest absolute Gasteiger partial charge is 0.191 e. The molecule has 8 heteroatoms. The van der Waals surface area contributed by atoms with E-state index in [-0.39, 0.29) is 24.0 Å². The van der Waals surface area contributed by atoms with Gasteiger partial charge in [-0.3, -0.25) is 4.99 Å². The van der Waals surface area contributed by atoms with E-state index in [1.807, 2.05) is 29.8 Å². The summed E-state index contributed by atoms with van der Waals surface area (Å²) in [5.41, 5.74) is 4.55. The van der Waals surface area contributed by atoms with Gasteiger partial charge in [0.2, 0.25) is 0 Å². The largest absolute Gasteiger partial charge is 0.356 e. The van der Waals surface area contributed by atoms with Crippen molar-refractivity contribution in [3.8, 4) is 5.69 Å². The highest BCUT2D eigenvalue weighted by molar-refractivity contribution is 14.0. The molecule has 0 aliphatic heterocycles. The molecule has 0 saturated carbocycles. The summed E-state index contributed by atoms with van der Waals surface area (Å²) in [5, 5.41) is 12.5. The fourth-order valence-corrected chi connectivity index (χ4v) is 3.94. The van der Waals surface area contributed by atoms with Crippen molar-refractivity contribution in [3.05, 3.63) is 63.4 Å². The molecule has 29 heavy (non-hydrogen) atoms. The van der Waals surface area contributed by atoms with Crippen LogP contribution in [0.3, 0.4) is 0 Å². The van der Waals surface area contributed by atoms with Crippen molar-refractivity contribution in [3.63, 3.8) is 0 Å². The molecule has 0 unspecified atom stereocenters. The molecule has 0 amide bonds. The quantitative estimate of drug-likeness (QED) is 0.211. The van der Waals surface area contributed by atoms with Crippen molar-refractivity contribution in [2.75, 3.05) is 13.6 Å². The first-order chi connectivity index (χ1) is 13.6. The van der Waals surface area contributed by atoms with Gasteiger partial charge in [0, 0.05) is 24.7 Å². The fraction of sp³-hybridized carbons (Fsp3) is 0.381. The Morgan fingerprint density at radius 3 is 2.52 bits per heavy atom. The molecule has 0 atom stereocenters. The monoisotopic (exact) mass is 524 g/mol. The van der Waals surface area contributed by atoms with Crippen LogP contribution in [0.5, 0.6) is 0 Å². The first-order valence-corrected chi connectivity index (χ1v) is 10.4. The number of aliphatic imine (C=N–C) groups is 1. The van der Waals surface area contributed by atoms with Gasteiger partial charge in [-0.15, -0.1) is 35.3 Å². The van der Waals surface area contributed by atoms with Gasteiger partial charge in [-0.1, -0.05) is 18.2 Å². The lowest BCUT2D eigenvalue weighted by molar-refractivity contribution is 0.741. The molecule has 2 aromatic heterocycles. The number of thiazole rings is 1. The van der Waals surface area contributed by atoms with Gasteiger partial charge in [-0.25, -0.2) is 9.67 Å². The van der Waals surface area contributed by atoms with Crippen LogP contribution in [0, 0.1) is 20.8 Å². The number of aryl methyl sites for hydroxylation is 4. The Hall–Kier alpha value is -1.94. The molecule has 156 valence electrons. The number of rotatable bonds is 7. The van der Waals surface area contributed by atoms with Gasteiger partial charge in [0.15, 0.2) is 5.96 Å². The van der Waals surface area contributed by atoms with Crippen LogP contribution < -0.4 is 10.6 Å². The fourth-order valence-electron chi connectivity index (χ4n) is 3.06. The number of nitrogens with one attached hydrogen (secondary N) is 2. The SMILES string of the molecule is CN=C(NCCCc1cn(-c2ccccc2)nc1C)NCc1sc(C)nc1C.I. The van der Waals surface area contributed by atoms with Crippen molar-refractivity contribution in [2.45, 2.75) is 40.2 Å². The number of para-hydroxylation sites is 1. The van der Waals surface area contributed by atoms with E-state index in [1.165, 1.54) is 10.4 Å². The zero-order chi connectivity index (χ0) is 19.9. The minimum atomic E-state index is 0. The maximum absolute atomic E-state index is 4.64. The van der Waals surface area contributed by atoms with E-state index in [0.29, 0.717) is 0 Å². The average Bonchev–Trinajstić information content (AvgIpc) is 3.23. The highest BCUT2D eigenvalue weighted by atomic mass is 127. The lowest BCUT2D eigenvalue weighted by Crippen LogP contribution is -2.37. The van der Waals surface area contributed by atoms with Gasteiger partial charge in [0.25, 0.3) is 0 Å². The molecule has 0 fully saturated rings. The molecule has 3 rings (SSSR count). The minimum Gasteiger partial charge on any atom is -0.356 e. The summed E-state index contributed by atoms with van der Waals surface area (Å²) in [5.74, 6) is 0.821. The van der Waals surface area contributed by atoms with Crippen LogP contribution in [0.15, 0.2) is 41.5 Å². The second-order valence-corrected chi connectivity index (χ2v) is 8.01. The highest BCUT2D eigenvalue weighted by Gasteiger charge is 2.08. The van der Waals surface area contributed by atoms with Gasteiger partial charge < -0.3 is 10.6 Å². The maximum atomic E-state index is 4.64. The molecule has 0 radical (unpaired) electrons. The average molecular weight is 524 g/mol. The van der Waals surface area contributed by atoms with E-state index in [2.05, 4.69) is 57.9 Å². The van der Waals surface area contributed by atoms with E-state index < -0.39 is 0 Å². The second-order valence-electron chi connectivity index (χ2n) is 6.72. The molecule has 2 N–H and O–H groups in total. The number of hydrogen-bond donors (Lipinski definition) is 2. The number of guanidine groups is 1. The lowest BCUT2D eigenvalue weighted by atomic mass is 10.1. The van der Waals surface area contributed by atoms with Crippen LogP contribution >= 0.6 is 35.3 Å². The predicted molar refractivity (Wildman–Crippen MR) is 132 cm³/mol. The Labute approximate surface area is 193 Å². The highest BCUT2D eigenvalue weighted by Crippen LogP contribution is 2.16. The van der Waals surface area contributed by atoms with Crippen molar-refractivity contribution >= 4 is 41.3 Å². The third-order valence-electron chi connectivity index (χ3n) is 4.58. The summed E-state index contributed by atoms with van der Waals surface area (Å²) in [6, 6.07) is 10.2. The predicted octanol–water partition coefficient (Wildman–Crippen LogP) is 4.17. The third kappa shape index (κ3) is 6.53. The summed E-state index contributed by atoms with van der Waals surface area (Å²) in [6.07, 6.45) is 4.13. The number of benzene rings is 1. The minimum absolute atomic E-state index is 0. The van der Waals surface area contributed by atoms with E-state index >= 15 is 0 Å². The molecule has 1 aromatic carbocycles. The Kier molecular flexibility index (Phi) is 9.09. The van der Waals surface area contributed by atoms with Crippen LogP contribution in [0.4, 0.5) is 0 Å². The van der Waals surface area contributed by atoms with Crippen LogP contribution in [-0.2, 0) is 13.0 Å². The topological polar surface area (TPSA) is 67.1 Å². The summed E-state index contributed by atoms with van der Waals surface area (Å²) in [6.45, 7) is 7.77. The molecule has 3 aromatic rings. The third-order valence-corrected chi connectivity index (χ3v) is 5.65. The van der Waals surface area contributed by atoms with Gasteiger partial charge in [-0.2, -0.15) is 5.10 Å². The Morgan fingerprint density at radius 1 is 1.10 bits per heavy atom. The van der Waals surface area contributed by atoms with Crippen LogP contribution in [0.2, 0.25) is 0 Å². The van der Waals surface area contributed by atoms with E-state index in [1.54, 1.807) is 18.4 Å². The second kappa shape index (κ2) is 11.3. The lowest BCUT2D eigenvalue weighted by Gasteiger charge is -2.11. The van der Waals surface area contributed by atoms with Crippen molar-refractivity contribution in [1.29, 1.82) is 0 Å². The van der Waals surface area contributed by atoms with Gasteiger partial charge in [-0.05, 0) is 51.3 Å². The van der Waals surface area contributed by atoms with Crippen molar-refractivity contribution < 1.29 is 0 Å². The Balaban J connectivity index is 0.00000300. The van der Waals surface area contributed by atoms with Gasteiger partial charge in [0.05, 0.1) is 28.6 Å². The summed E-state index contributed by atoms with van der Waals surface area (Å²) in [7, 11) is 1.80. The van der Waals surface area contributed by atoms with Crippen LogP contribution in [0.25, 0.3) is 5.69 Å². The zero-order valence-electron chi connectivity index (χ0n) is 17.4. The maximum Gasteiger partial charge on any atom is 0.191 e. The van der Waals surface area contributed by atoms with E-state index in [0.717, 1.165) is 54.0 Å². The first kappa shape index (κ1) is 23.3.